The van der Waals surface area contributed by atoms with Crippen LogP contribution in [0.15, 0.2) is 24.3 Å². The summed E-state index contributed by atoms with van der Waals surface area (Å²) >= 11 is 0. The number of hydrogen-bond acceptors (Lipinski definition) is 2. The smallest absolute Gasteiger partial charge is 0.106 e. The fourth-order valence-corrected chi connectivity index (χ4v) is 2.89. The van der Waals surface area contributed by atoms with Crippen molar-refractivity contribution in [3.63, 3.8) is 0 Å². The van der Waals surface area contributed by atoms with Gasteiger partial charge in [-0.25, -0.2) is 0 Å². The molecule has 1 heterocycles. The van der Waals surface area contributed by atoms with Gasteiger partial charge in [-0.15, -0.1) is 0 Å². The lowest BCUT2D eigenvalue weighted by molar-refractivity contribution is -0.137. The Bertz CT molecular complexity index is 377. The van der Waals surface area contributed by atoms with Crippen molar-refractivity contribution in [2.24, 2.45) is 0 Å². The molecule has 2 rings (SSSR count). The Balaban J connectivity index is 1.73. The Kier molecular flexibility index (Phi) is 7.25. The van der Waals surface area contributed by atoms with E-state index in [2.05, 4.69) is 38.1 Å². The van der Waals surface area contributed by atoms with Crippen LogP contribution in [0.2, 0.25) is 0 Å². The molecule has 0 saturated carbocycles. The van der Waals surface area contributed by atoms with Crippen LogP contribution in [0, 0.1) is 0 Å². The lowest BCUT2D eigenvalue weighted by Gasteiger charge is -2.30. The number of hydrogen-bond donors (Lipinski definition) is 0. The second-order valence-corrected chi connectivity index (χ2v) is 6.12. The van der Waals surface area contributed by atoms with Gasteiger partial charge in [0.1, 0.15) is 6.10 Å². The SMILES string of the molecule is CCCCCC[C@H]1CO[C@H](c2ccc(CCC)cc2)CO1. The number of benzene rings is 1. The minimum absolute atomic E-state index is 0.118. The van der Waals surface area contributed by atoms with Crippen molar-refractivity contribution in [3.8, 4) is 0 Å². The van der Waals surface area contributed by atoms with Crippen LogP contribution < -0.4 is 0 Å². The van der Waals surface area contributed by atoms with Gasteiger partial charge in [0.25, 0.3) is 0 Å². The highest BCUT2D eigenvalue weighted by molar-refractivity contribution is 5.24. The molecule has 1 fully saturated rings. The van der Waals surface area contributed by atoms with E-state index in [1.54, 1.807) is 0 Å². The van der Waals surface area contributed by atoms with Crippen molar-refractivity contribution in [1.82, 2.24) is 0 Å². The Hall–Kier alpha value is -0.860. The van der Waals surface area contributed by atoms with Crippen LogP contribution >= 0.6 is 0 Å². The average molecular weight is 290 g/mol. The molecule has 1 saturated heterocycles. The first-order valence-electron chi connectivity index (χ1n) is 8.65. The van der Waals surface area contributed by atoms with Crippen molar-refractivity contribution >= 4 is 0 Å². The van der Waals surface area contributed by atoms with E-state index in [-0.39, 0.29) is 6.10 Å². The Labute approximate surface area is 129 Å². The molecule has 2 nitrogen and oxygen atoms in total. The van der Waals surface area contributed by atoms with Gasteiger partial charge < -0.3 is 9.47 Å². The molecule has 2 atom stereocenters. The average Bonchev–Trinajstić information content (AvgIpc) is 2.53. The summed E-state index contributed by atoms with van der Waals surface area (Å²) in [7, 11) is 0. The molecule has 1 aromatic rings. The zero-order chi connectivity index (χ0) is 14.9. The van der Waals surface area contributed by atoms with E-state index in [1.807, 2.05) is 0 Å². The predicted octanol–water partition coefficient (Wildman–Crippen LogP) is 5.07. The third-order valence-corrected chi connectivity index (χ3v) is 4.24. The van der Waals surface area contributed by atoms with Crippen molar-refractivity contribution in [1.29, 1.82) is 0 Å². The lowest BCUT2D eigenvalue weighted by Crippen LogP contribution is -2.31. The predicted molar refractivity (Wildman–Crippen MR) is 87.6 cm³/mol. The molecule has 0 unspecified atom stereocenters. The first kappa shape index (κ1) is 16.5. The topological polar surface area (TPSA) is 18.5 Å². The zero-order valence-corrected chi connectivity index (χ0v) is 13.6. The maximum Gasteiger partial charge on any atom is 0.106 e. The number of rotatable bonds is 8. The lowest BCUT2D eigenvalue weighted by atomic mass is 10.0. The molecule has 0 amide bonds. The normalized spacial score (nSPS) is 22.4. The van der Waals surface area contributed by atoms with Gasteiger partial charge in [0.2, 0.25) is 0 Å². The van der Waals surface area contributed by atoms with Crippen LogP contribution in [0.3, 0.4) is 0 Å². The molecule has 1 aromatic carbocycles. The standard InChI is InChI=1S/C19H30O2/c1-3-5-6-7-9-18-14-21-19(15-20-18)17-12-10-16(8-4-2)11-13-17/h10-13,18-19H,3-9,14-15H2,1-2H3/t18-,19-/m0/s1. The van der Waals surface area contributed by atoms with Gasteiger partial charge in [-0.2, -0.15) is 0 Å². The van der Waals surface area contributed by atoms with Crippen LogP contribution in [0.1, 0.15) is 69.6 Å². The summed E-state index contributed by atoms with van der Waals surface area (Å²) in [6.07, 6.45) is 9.12. The molecule has 0 bridgehead atoms. The van der Waals surface area contributed by atoms with E-state index in [0.717, 1.165) is 19.4 Å². The molecule has 118 valence electrons. The zero-order valence-electron chi connectivity index (χ0n) is 13.6. The molecule has 2 heteroatoms. The highest BCUT2D eigenvalue weighted by atomic mass is 16.6. The molecule has 0 aliphatic carbocycles. The van der Waals surface area contributed by atoms with Crippen molar-refractivity contribution in [3.05, 3.63) is 35.4 Å². The quantitative estimate of drug-likeness (QED) is 0.623. The Morgan fingerprint density at radius 2 is 1.71 bits per heavy atom. The van der Waals surface area contributed by atoms with E-state index in [9.17, 15) is 0 Å². The third kappa shape index (κ3) is 5.44. The van der Waals surface area contributed by atoms with Crippen LogP contribution in [0.25, 0.3) is 0 Å². The van der Waals surface area contributed by atoms with Gasteiger partial charge in [0, 0.05) is 0 Å². The first-order chi connectivity index (χ1) is 10.3. The molecule has 21 heavy (non-hydrogen) atoms. The minimum Gasteiger partial charge on any atom is -0.373 e. The van der Waals surface area contributed by atoms with Crippen molar-refractivity contribution in [2.75, 3.05) is 13.2 Å². The number of unbranched alkanes of at least 4 members (excludes halogenated alkanes) is 3. The van der Waals surface area contributed by atoms with E-state index in [0.29, 0.717) is 12.7 Å². The summed E-state index contributed by atoms with van der Waals surface area (Å²) < 4.78 is 12.0. The van der Waals surface area contributed by atoms with Gasteiger partial charge in [0.05, 0.1) is 19.3 Å². The van der Waals surface area contributed by atoms with E-state index in [1.165, 1.54) is 43.2 Å². The molecule has 0 aromatic heterocycles. The largest absolute Gasteiger partial charge is 0.373 e. The molecule has 1 aliphatic rings. The minimum atomic E-state index is 0.118. The highest BCUT2D eigenvalue weighted by Gasteiger charge is 2.23. The summed E-state index contributed by atoms with van der Waals surface area (Å²) in [5.41, 5.74) is 2.66. The molecule has 0 radical (unpaired) electrons. The number of aryl methyl sites for hydroxylation is 1. The molecule has 1 aliphatic heterocycles. The summed E-state index contributed by atoms with van der Waals surface area (Å²) in [6.45, 7) is 5.91. The molecular weight excluding hydrogens is 260 g/mol. The van der Waals surface area contributed by atoms with Gasteiger partial charge in [0.15, 0.2) is 0 Å². The van der Waals surface area contributed by atoms with Crippen LogP contribution in [0.4, 0.5) is 0 Å². The fraction of sp³-hybridized carbons (Fsp3) is 0.684. The van der Waals surface area contributed by atoms with Crippen LogP contribution in [-0.2, 0) is 15.9 Å². The van der Waals surface area contributed by atoms with Crippen LogP contribution in [-0.4, -0.2) is 19.3 Å². The van der Waals surface area contributed by atoms with Crippen molar-refractivity contribution in [2.45, 2.75) is 71.0 Å². The monoisotopic (exact) mass is 290 g/mol. The molecular formula is C19H30O2. The maximum absolute atomic E-state index is 6.01. The van der Waals surface area contributed by atoms with Gasteiger partial charge in [-0.3, -0.25) is 0 Å². The first-order valence-corrected chi connectivity index (χ1v) is 8.65. The van der Waals surface area contributed by atoms with Gasteiger partial charge in [-0.1, -0.05) is 70.2 Å². The Morgan fingerprint density at radius 3 is 2.33 bits per heavy atom. The van der Waals surface area contributed by atoms with E-state index < -0.39 is 0 Å². The van der Waals surface area contributed by atoms with Gasteiger partial charge >= 0.3 is 0 Å². The van der Waals surface area contributed by atoms with E-state index in [4.69, 9.17) is 9.47 Å². The number of ether oxygens (including phenoxy) is 2. The van der Waals surface area contributed by atoms with Crippen molar-refractivity contribution < 1.29 is 9.47 Å². The molecule has 0 N–H and O–H groups in total. The van der Waals surface area contributed by atoms with Crippen LogP contribution in [0.5, 0.6) is 0 Å². The Morgan fingerprint density at radius 1 is 0.905 bits per heavy atom. The second-order valence-electron chi connectivity index (χ2n) is 6.12. The summed E-state index contributed by atoms with van der Waals surface area (Å²) in [6, 6.07) is 8.83. The highest BCUT2D eigenvalue weighted by Crippen LogP contribution is 2.25. The maximum atomic E-state index is 6.01. The third-order valence-electron chi connectivity index (χ3n) is 4.24. The second kappa shape index (κ2) is 9.22. The fourth-order valence-electron chi connectivity index (χ4n) is 2.89. The van der Waals surface area contributed by atoms with E-state index >= 15 is 0 Å². The van der Waals surface area contributed by atoms with Gasteiger partial charge in [-0.05, 0) is 24.0 Å². The summed E-state index contributed by atoms with van der Waals surface area (Å²) in [4.78, 5) is 0. The summed E-state index contributed by atoms with van der Waals surface area (Å²) in [5.74, 6) is 0. The molecule has 0 spiro atoms. The summed E-state index contributed by atoms with van der Waals surface area (Å²) in [5, 5.41) is 0.